The lowest BCUT2D eigenvalue weighted by atomic mass is 10.1. The highest BCUT2D eigenvalue weighted by Gasteiger charge is 2.27. The molecule has 0 aliphatic rings. The summed E-state index contributed by atoms with van der Waals surface area (Å²) in [4.78, 5) is 35.0. The van der Waals surface area contributed by atoms with Crippen molar-refractivity contribution < 1.29 is 42.1 Å². The van der Waals surface area contributed by atoms with Crippen LogP contribution in [0.1, 0.15) is 155 Å². The van der Waals surface area contributed by atoms with Crippen LogP contribution in [-0.4, -0.2) is 74.9 Å². The molecule has 1 N–H and O–H groups in total. The van der Waals surface area contributed by atoms with Gasteiger partial charge in [0.15, 0.2) is 6.10 Å². The summed E-state index contributed by atoms with van der Waals surface area (Å²) in [6.07, 6.45) is 30.9. The first kappa shape index (κ1) is 46.5. The molecule has 0 saturated carbocycles. The summed E-state index contributed by atoms with van der Waals surface area (Å²) < 4.78 is 34.0. The zero-order valence-electron chi connectivity index (χ0n) is 31.5. The number of phosphoric ester groups is 1. The highest BCUT2D eigenvalue weighted by Crippen LogP contribution is 2.43. The number of rotatable bonds is 34. The number of carbonyl (C=O) groups excluding carboxylic acids is 2. The summed E-state index contributed by atoms with van der Waals surface area (Å²) in [6, 6.07) is 0. The molecule has 2 atom stereocenters. The summed E-state index contributed by atoms with van der Waals surface area (Å²) in [6.45, 7) is 4.32. The van der Waals surface area contributed by atoms with Crippen molar-refractivity contribution in [3.05, 3.63) is 24.3 Å². The number of likely N-dealkylation sites (N-methyl/N-ethyl adjacent to an activating group) is 1. The summed E-state index contributed by atoms with van der Waals surface area (Å²) in [7, 11) is 1.47. The van der Waals surface area contributed by atoms with Gasteiger partial charge in [-0.25, -0.2) is 4.57 Å². The number of ether oxygens (including phenoxy) is 2. The van der Waals surface area contributed by atoms with Gasteiger partial charge in [0.1, 0.15) is 19.8 Å². The third-order valence-corrected chi connectivity index (χ3v) is 8.97. The molecule has 0 aliphatic carbocycles. The van der Waals surface area contributed by atoms with E-state index < -0.39 is 26.5 Å². The molecular weight excluding hydrogens is 629 g/mol. The average Bonchev–Trinajstić information content (AvgIpc) is 3.02. The molecule has 0 fully saturated rings. The maximum Gasteiger partial charge on any atom is 0.472 e. The van der Waals surface area contributed by atoms with Crippen LogP contribution in [0.15, 0.2) is 24.3 Å². The zero-order chi connectivity index (χ0) is 35.8. The van der Waals surface area contributed by atoms with Gasteiger partial charge in [-0.05, 0) is 44.9 Å². The van der Waals surface area contributed by atoms with E-state index in [1.165, 1.54) is 70.6 Å². The second-order valence-electron chi connectivity index (χ2n) is 14.0. The lowest BCUT2D eigenvalue weighted by Gasteiger charge is -2.24. The standard InChI is InChI=1S/C38H72NO8P/c1-6-8-10-12-14-15-16-17-18-19-20-21-22-23-25-27-29-31-38(41)47-36(35-46-48(42,43)45-33-32-39(3,4)5)34-44-37(40)30-28-26-24-13-11-9-7-2/h14-15,17-18,36H,6-13,16,19-35H2,1-5H3/p+1/b15-14-,18-17-. The number of quaternary nitrogens is 1. The largest absolute Gasteiger partial charge is 0.472 e. The molecule has 48 heavy (non-hydrogen) atoms. The van der Waals surface area contributed by atoms with Crippen molar-refractivity contribution in [2.45, 2.75) is 161 Å². The molecule has 0 bridgehead atoms. The second kappa shape index (κ2) is 31.5. The normalized spacial score (nSPS) is 14.0. The van der Waals surface area contributed by atoms with Gasteiger partial charge in [-0.1, -0.05) is 122 Å². The van der Waals surface area contributed by atoms with E-state index in [9.17, 15) is 19.0 Å². The van der Waals surface area contributed by atoms with E-state index in [0.29, 0.717) is 17.4 Å². The van der Waals surface area contributed by atoms with Gasteiger partial charge in [0.25, 0.3) is 0 Å². The molecule has 2 unspecified atom stereocenters. The smallest absolute Gasteiger partial charge is 0.462 e. The number of nitrogens with zero attached hydrogens (tertiary/aromatic N) is 1. The summed E-state index contributed by atoms with van der Waals surface area (Å²) >= 11 is 0. The Bertz CT molecular complexity index is 886. The topological polar surface area (TPSA) is 108 Å². The second-order valence-corrected chi connectivity index (χ2v) is 15.4. The molecule has 0 rings (SSSR count). The number of phosphoric acid groups is 1. The van der Waals surface area contributed by atoms with E-state index in [-0.39, 0.29) is 32.0 Å². The first-order chi connectivity index (χ1) is 23.0. The third-order valence-electron chi connectivity index (χ3n) is 7.98. The lowest BCUT2D eigenvalue weighted by Crippen LogP contribution is -2.37. The minimum absolute atomic E-state index is 0.0311. The molecule has 0 aliphatic heterocycles. The van der Waals surface area contributed by atoms with Crippen molar-refractivity contribution in [1.29, 1.82) is 0 Å². The fourth-order valence-corrected chi connectivity index (χ4v) is 5.67. The Morgan fingerprint density at radius 3 is 1.69 bits per heavy atom. The molecule has 0 heterocycles. The molecule has 10 heteroatoms. The third kappa shape index (κ3) is 34.4. The van der Waals surface area contributed by atoms with Crippen LogP contribution < -0.4 is 0 Å². The Morgan fingerprint density at radius 1 is 0.646 bits per heavy atom. The number of hydrogen-bond donors (Lipinski definition) is 1. The van der Waals surface area contributed by atoms with Crippen molar-refractivity contribution in [2.24, 2.45) is 0 Å². The lowest BCUT2D eigenvalue weighted by molar-refractivity contribution is -0.870. The van der Waals surface area contributed by atoms with Crippen LogP contribution in [0.2, 0.25) is 0 Å². The number of esters is 2. The molecule has 0 aromatic rings. The Hall–Kier alpha value is -1.51. The molecule has 0 saturated heterocycles. The van der Waals surface area contributed by atoms with Crippen LogP contribution in [0.3, 0.4) is 0 Å². The van der Waals surface area contributed by atoms with E-state index >= 15 is 0 Å². The van der Waals surface area contributed by atoms with Gasteiger partial charge in [0, 0.05) is 12.8 Å². The van der Waals surface area contributed by atoms with Crippen molar-refractivity contribution in [3.63, 3.8) is 0 Å². The SMILES string of the molecule is CCCCC/C=C\C/C=C\CCCCCCCCCC(=O)OC(COC(=O)CCCCCCCCC)COP(=O)(O)OCC[N+](C)(C)C. The van der Waals surface area contributed by atoms with Gasteiger partial charge in [-0.2, -0.15) is 0 Å². The van der Waals surface area contributed by atoms with E-state index in [4.69, 9.17) is 18.5 Å². The number of allylic oxidation sites excluding steroid dienone is 4. The molecule has 0 radical (unpaired) electrons. The van der Waals surface area contributed by atoms with E-state index in [1.54, 1.807) is 0 Å². The van der Waals surface area contributed by atoms with Crippen molar-refractivity contribution in [3.8, 4) is 0 Å². The maximum atomic E-state index is 12.6. The highest BCUT2D eigenvalue weighted by atomic mass is 31.2. The van der Waals surface area contributed by atoms with E-state index in [2.05, 4.69) is 38.2 Å². The van der Waals surface area contributed by atoms with Gasteiger partial charge >= 0.3 is 19.8 Å². The summed E-state index contributed by atoms with van der Waals surface area (Å²) in [5.41, 5.74) is 0. The molecule has 282 valence electrons. The Labute approximate surface area is 294 Å². The van der Waals surface area contributed by atoms with Crippen molar-refractivity contribution in [2.75, 3.05) is 47.5 Å². The predicted molar refractivity (Wildman–Crippen MR) is 197 cm³/mol. The summed E-state index contributed by atoms with van der Waals surface area (Å²) in [5.74, 6) is -0.814. The highest BCUT2D eigenvalue weighted by molar-refractivity contribution is 7.47. The van der Waals surface area contributed by atoms with Crippen molar-refractivity contribution >= 4 is 19.8 Å². The molecule has 9 nitrogen and oxygen atoms in total. The van der Waals surface area contributed by atoms with Crippen molar-refractivity contribution in [1.82, 2.24) is 0 Å². The van der Waals surface area contributed by atoms with E-state index in [1.807, 2.05) is 21.1 Å². The minimum atomic E-state index is -4.36. The first-order valence-electron chi connectivity index (χ1n) is 19.1. The van der Waals surface area contributed by atoms with Crippen LogP contribution in [0, 0.1) is 0 Å². The Balaban J connectivity index is 4.37. The number of carbonyl (C=O) groups is 2. The van der Waals surface area contributed by atoms with Gasteiger partial charge in [-0.3, -0.25) is 18.6 Å². The van der Waals surface area contributed by atoms with Gasteiger partial charge in [-0.15, -0.1) is 0 Å². The molecule has 0 spiro atoms. The fourth-order valence-electron chi connectivity index (χ4n) is 4.92. The van der Waals surface area contributed by atoms with Crippen LogP contribution in [0.25, 0.3) is 0 Å². The maximum absolute atomic E-state index is 12.6. The van der Waals surface area contributed by atoms with Crippen LogP contribution in [-0.2, 0) is 32.7 Å². The Morgan fingerprint density at radius 2 is 1.12 bits per heavy atom. The van der Waals surface area contributed by atoms with Crippen LogP contribution >= 0.6 is 7.82 Å². The molecule has 0 amide bonds. The molecule has 0 aromatic carbocycles. The first-order valence-corrected chi connectivity index (χ1v) is 20.6. The number of hydrogen-bond acceptors (Lipinski definition) is 7. The van der Waals surface area contributed by atoms with E-state index in [0.717, 1.165) is 51.4 Å². The van der Waals surface area contributed by atoms with Crippen LogP contribution in [0.5, 0.6) is 0 Å². The van der Waals surface area contributed by atoms with Gasteiger partial charge in [0.05, 0.1) is 27.7 Å². The van der Waals surface area contributed by atoms with Gasteiger partial charge in [0.2, 0.25) is 0 Å². The minimum Gasteiger partial charge on any atom is -0.462 e. The van der Waals surface area contributed by atoms with Gasteiger partial charge < -0.3 is 18.9 Å². The van der Waals surface area contributed by atoms with Crippen LogP contribution in [0.4, 0.5) is 0 Å². The average molecular weight is 703 g/mol. The predicted octanol–water partition coefficient (Wildman–Crippen LogP) is 10.0. The Kier molecular flexibility index (Phi) is 30.5. The quantitative estimate of drug-likeness (QED) is 0.0232. The fraction of sp³-hybridized carbons (Fsp3) is 0.842. The zero-order valence-corrected chi connectivity index (χ0v) is 32.4. The monoisotopic (exact) mass is 703 g/mol. The molecular formula is C38H73NO8P+. The number of unbranched alkanes of at least 4 members (excludes halogenated alkanes) is 16. The summed E-state index contributed by atoms with van der Waals surface area (Å²) in [5, 5.41) is 0. The molecule has 0 aromatic heterocycles.